The molecule has 4 nitrogen and oxygen atoms in total. The summed E-state index contributed by atoms with van der Waals surface area (Å²) >= 11 is 0. The number of hydrogen-bond donors (Lipinski definition) is 0. The minimum absolute atomic E-state index is 0.00352. The summed E-state index contributed by atoms with van der Waals surface area (Å²) in [5.41, 5.74) is 0. The Balaban J connectivity index is 2.99. The first-order valence-electron chi connectivity index (χ1n) is 3.74. The van der Waals surface area contributed by atoms with Crippen molar-refractivity contribution < 1.29 is 22.7 Å². The van der Waals surface area contributed by atoms with Crippen molar-refractivity contribution in [3.63, 3.8) is 0 Å². The van der Waals surface area contributed by atoms with E-state index >= 15 is 0 Å². The maximum Gasteiger partial charge on any atom is 0.490 e. The summed E-state index contributed by atoms with van der Waals surface area (Å²) in [6.45, 7) is 1.50. The lowest BCUT2D eigenvalue weighted by atomic mass is 10.6. The zero-order chi connectivity index (χ0) is 10.8. The van der Waals surface area contributed by atoms with E-state index in [4.69, 9.17) is 0 Å². The molecule has 0 aliphatic carbocycles. The Hall–Kier alpha value is -1.53. The molecule has 0 bridgehead atoms. The summed E-state index contributed by atoms with van der Waals surface area (Å²) in [4.78, 5) is 14.2. The lowest BCUT2D eigenvalue weighted by Crippen LogP contribution is -2.22. The Kier molecular flexibility index (Phi) is 2.78. The first-order valence-corrected chi connectivity index (χ1v) is 3.74. The van der Waals surface area contributed by atoms with Crippen molar-refractivity contribution >= 4 is 5.97 Å². The zero-order valence-corrected chi connectivity index (χ0v) is 7.21. The van der Waals surface area contributed by atoms with Gasteiger partial charge in [-0.15, -0.1) is 13.2 Å². The van der Waals surface area contributed by atoms with Crippen LogP contribution in [0.4, 0.5) is 13.2 Å². The number of carbonyl (C=O) groups is 1. The van der Waals surface area contributed by atoms with E-state index in [1.54, 1.807) is 0 Å². The Morgan fingerprint density at radius 1 is 1.64 bits per heavy atom. The van der Waals surface area contributed by atoms with Gasteiger partial charge in [0.2, 0.25) is 5.82 Å². The number of aromatic nitrogens is 2. The molecular formula is C7H7F3N2O2. The molecule has 0 aromatic carbocycles. The molecule has 1 heterocycles. The third-order valence-corrected chi connectivity index (χ3v) is 1.37. The zero-order valence-electron chi connectivity index (χ0n) is 7.21. The van der Waals surface area contributed by atoms with Gasteiger partial charge in [0.25, 0.3) is 0 Å². The van der Waals surface area contributed by atoms with Crippen LogP contribution in [0.15, 0.2) is 12.4 Å². The number of carbonyl (C=O) groups excluding carboxylic acids is 1. The van der Waals surface area contributed by atoms with E-state index in [9.17, 15) is 18.0 Å². The molecule has 0 radical (unpaired) electrons. The highest BCUT2D eigenvalue weighted by Crippen LogP contribution is 2.23. The molecule has 0 aliphatic heterocycles. The molecule has 0 saturated heterocycles. The summed E-state index contributed by atoms with van der Waals surface area (Å²) in [6, 6.07) is 0. The van der Waals surface area contributed by atoms with E-state index in [1.807, 2.05) is 0 Å². The number of halogens is 3. The van der Waals surface area contributed by atoms with Gasteiger partial charge in [-0.2, -0.15) is 0 Å². The quantitative estimate of drug-likeness (QED) is 0.692. The first-order chi connectivity index (χ1) is 6.46. The van der Waals surface area contributed by atoms with E-state index in [2.05, 4.69) is 9.72 Å². The van der Waals surface area contributed by atoms with Gasteiger partial charge >= 0.3 is 12.3 Å². The molecule has 0 saturated carbocycles. The largest absolute Gasteiger partial charge is 0.490 e. The molecule has 1 aromatic heterocycles. The summed E-state index contributed by atoms with van der Waals surface area (Å²) in [5.74, 6) is -1.85. The summed E-state index contributed by atoms with van der Waals surface area (Å²) in [6.07, 6.45) is -3.11. The summed E-state index contributed by atoms with van der Waals surface area (Å²) in [5, 5.41) is 0. The smallest absolute Gasteiger partial charge is 0.460 e. The van der Waals surface area contributed by atoms with Crippen LogP contribution in [-0.2, 0) is 11.0 Å². The van der Waals surface area contributed by atoms with Crippen LogP contribution in [0.2, 0.25) is 0 Å². The molecule has 7 heteroatoms. The van der Waals surface area contributed by atoms with Crippen LogP contribution >= 0.6 is 0 Å². The fraction of sp³-hybridized carbons (Fsp3) is 0.429. The summed E-state index contributed by atoms with van der Waals surface area (Å²) < 4.78 is 40.8. The van der Waals surface area contributed by atoms with Crippen molar-refractivity contribution in [2.75, 3.05) is 6.61 Å². The molecule has 78 valence electrons. The average Bonchev–Trinajstić information content (AvgIpc) is 2.50. The molecule has 1 rings (SSSR count). The van der Waals surface area contributed by atoms with E-state index < -0.39 is 18.1 Å². The van der Waals surface area contributed by atoms with Crippen molar-refractivity contribution in [3.05, 3.63) is 18.2 Å². The van der Waals surface area contributed by atoms with Gasteiger partial charge < -0.3 is 4.74 Å². The average molecular weight is 208 g/mol. The third-order valence-electron chi connectivity index (χ3n) is 1.37. The van der Waals surface area contributed by atoms with E-state index in [0.29, 0.717) is 6.20 Å². The highest BCUT2D eigenvalue weighted by molar-refractivity contribution is 5.85. The lowest BCUT2D eigenvalue weighted by Gasteiger charge is -2.09. The molecule has 0 fully saturated rings. The van der Waals surface area contributed by atoms with Crippen LogP contribution in [0.25, 0.3) is 0 Å². The highest BCUT2D eigenvalue weighted by atomic mass is 19.4. The maximum absolute atomic E-state index is 12.2. The number of hydrogen-bond acceptors (Lipinski definition) is 3. The van der Waals surface area contributed by atoms with Crippen LogP contribution in [0.1, 0.15) is 17.5 Å². The third kappa shape index (κ3) is 2.04. The monoisotopic (exact) mass is 208 g/mol. The van der Waals surface area contributed by atoms with Gasteiger partial charge in [-0.3, -0.25) is 0 Å². The Labute approximate surface area is 77.3 Å². The van der Waals surface area contributed by atoms with E-state index in [1.165, 1.54) is 6.92 Å². The van der Waals surface area contributed by atoms with Gasteiger partial charge in [-0.05, 0) is 6.92 Å². The fourth-order valence-electron chi connectivity index (χ4n) is 0.855. The van der Waals surface area contributed by atoms with E-state index in [0.717, 1.165) is 6.20 Å². The standard InChI is InChI=1S/C7H7F3N2O2/c1-2-14-6(13)5-11-3-4-12(5)7(8,9)10/h3-4H,2H2,1H3. The van der Waals surface area contributed by atoms with Crippen molar-refractivity contribution in [1.82, 2.24) is 9.55 Å². The first kappa shape index (κ1) is 10.6. The fourth-order valence-corrected chi connectivity index (χ4v) is 0.855. The summed E-state index contributed by atoms with van der Waals surface area (Å²) in [7, 11) is 0. The second-order valence-corrected chi connectivity index (χ2v) is 2.31. The molecule has 0 spiro atoms. The number of rotatable bonds is 2. The normalized spacial score (nSPS) is 11.4. The van der Waals surface area contributed by atoms with Gasteiger partial charge in [-0.1, -0.05) is 0 Å². The van der Waals surface area contributed by atoms with Gasteiger partial charge in [0, 0.05) is 12.4 Å². The predicted octanol–water partition coefficient (Wildman–Crippen LogP) is 1.54. The second kappa shape index (κ2) is 3.69. The van der Waals surface area contributed by atoms with Gasteiger partial charge in [0.15, 0.2) is 0 Å². The van der Waals surface area contributed by atoms with Gasteiger partial charge in [-0.25, -0.2) is 14.3 Å². The molecule has 1 aromatic rings. The van der Waals surface area contributed by atoms with Gasteiger partial charge in [0.1, 0.15) is 0 Å². The second-order valence-electron chi connectivity index (χ2n) is 2.31. The SMILES string of the molecule is CCOC(=O)c1nccn1C(F)(F)F. The minimum Gasteiger partial charge on any atom is -0.460 e. The van der Waals surface area contributed by atoms with Crippen molar-refractivity contribution in [2.45, 2.75) is 13.2 Å². The highest BCUT2D eigenvalue weighted by Gasteiger charge is 2.35. The molecular weight excluding hydrogens is 201 g/mol. The molecule has 0 amide bonds. The van der Waals surface area contributed by atoms with Crippen LogP contribution in [-0.4, -0.2) is 22.1 Å². The van der Waals surface area contributed by atoms with Crippen molar-refractivity contribution in [3.8, 4) is 0 Å². The maximum atomic E-state index is 12.2. The molecule has 0 unspecified atom stereocenters. The predicted molar refractivity (Wildman–Crippen MR) is 39.5 cm³/mol. The van der Waals surface area contributed by atoms with Gasteiger partial charge in [0.05, 0.1) is 6.61 Å². The molecule has 0 atom stereocenters. The Morgan fingerprint density at radius 3 is 2.79 bits per heavy atom. The molecule has 14 heavy (non-hydrogen) atoms. The van der Waals surface area contributed by atoms with Crippen molar-refractivity contribution in [1.29, 1.82) is 0 Å². The Bertz CT molecular complexity index is 332. The van der Waals surface area contributed by atoms with Crippen LogP contribution < -0.4 is 0 Å². The van der Waals surface area contributed by atoms with Crippen LogP contribution in [0, 0.1) is 0 Å². The molecule has 0 aliphatic rings. The lowest BCUT2D eigenvalue weighted by molar-refractivity contribution is -0.205. The number of nitrogens with zero attached hydrogens (tertiary/aromatic N) is 2. The Morgan fingerprint density at radius 2 is 2.29 bits per heavy atom. The van der Waals surface area contributed by atoms with Crippen molar-refractivity contribution in [2.24, 2.45) is 0 Å². The van der Waals surface area contributed by atoms with Crippen LogP contribution in [0.3, 0.4) is 0 Å². The number of esters is 1. The van der Waals surface area contributed by atoms with E-state index in [-0.39, 0.29) is 11.2 Å². The number of imidazole rings is 1. The molecule has 0 N–H and O–H groups in total. The minimum atomic E-state index is -4.65. The number of ether oxygens (including phenoxy) is 1. The van der Waals surface area contributed by atoms with Crippen LogP contribution in [0.5, 0.6) is 0 Å². The topological polar surface area (TPSA) is 44.1 Å². The number of alkyl halides is 3.